The summed E-state index contributed by atoms with van der Waals surface area (Å²) in [5, 5.41) is 4.21. The maximum absolute atomic E-state index is 11.7. The molecule has 0 unspecified atom stereocenters. The maximum atomic E-state index is 11.7. The topological polar surface area (TPSA) is 46.4 Å². The fraction of sp³-hybridized carbons (Fsp3) is 0.0769. The molecule has 0 aliphatic carbocycles. The van der Waals surface area contributed by atoms with Gasteiger partial charge < -0.3 is 4.57 Å². The Morgan fingerprint density at radius 3 is 2.16 bits per heavy atom. The highest BCUT2D eigenvalue weighted by atomic mass is 79.9. The number of carbonyl (C=O) groups is 1. The van der Waals surface area contributed by atoms with E-state index in [4.69, 9.17) is 0 Å². The fourth-order valence-electron chi connectivity index (χ4n) is 3.45. The molecule has 0 atom stereocenters. The zero-order chi connectivity index (χ0) is 21.6. The summed E-state index contributed by atoms with van der Waals surface area (Å²) in [7, 11) is 0. The standard InChI is InChI=1S/C26H22BrN3O/c1-2-25(31)29-28-18-21-17-24(19-9-5-3-6-10-19)30(23-15-13-22(27)14-16-23)26(21)20-11-7-4-8-12-20/h3-18H,2H2,1H3,(H,29,31)/b28-18+. The van der Waals surface area contributed by atoms with Crippen LogP contribution >= 0.6 is 15.9 Å². The third kappa shape index (κ3) is 4.67. The highest BCUT2D eigenvalue weighted by Gasteiger charge is 2.18. The molecule has 0 bridgehead atoms. The molecule has 0 fully saturated rings. The average molecular weight is 472 g/mol. The SMILES string of the molecule is CCC(=O)N/N=C/c1cc(-c2ccccc2)n(-c2ccc(Br)cc2)c1-c1ccccc1. The van der Waals surface area contributed by atoms with Crippen LogP contribution in [0, 0.1) is 0 Å². The predicted molar refractivity (Wildman–Crippen MR) is 130 cm³/mol. The van der Waals surface area contributed by atoms with Crippen molar-refractivity contribution in [2.45, 2.75) is 13.3 Å². The molecule has 0 spiro atoms. The van der Waals surface area contributed by atoms with E-state index in [0.29, 0.717) is 6.42 Å². The minimum atomic E-state index is -0.117. The van der Waals surface area contributed by atoms with Crippen molar-refractivity contribution in [3.63, 3.8) is 0 Å². The Labute approximate surface area is 190 Å². The van der Waals surface area contributed by atoms with Gasteiger partial charge in [0.2, 0.25) is 5.91 Å². The number of hydrogen-bond acceptors (Lipinski definition) is 2. The van der Waals surface area contributed by atoms with Crippen LogP contribution in [-0.2, 0) is 4.79 Å². The van der Waals surface area contributed by atoms with Gasteiger partial charge in [0.15, 0.2) is 0 Å². The Balaban J connectivity index is 1.97. The number of carbonyl (C=O) groups excluding carboxylic acids is 1. The van der Waals surface area contributed by atoms with Gasteiger partial charge in [-0.1, -0.05) is 83.5 Å². The Hall–Kier alpha value is -3.44. The third-order valence-electron chi connectivity index (χ3n) is 4.95. The van der Waals surface area contributed by atoms with Crippen LogP contribution in [0.15, 0.2) is 101 Å². The first-order valence-electron chi connectivity index (χ1n) is 10.1. The number of hydrogen-bond donors (Lipinski definition) is 1. The molecule has 1 N–H and O–H groups in total. The molecular formula is C26H22BrN3O. The first kappa shape index (κ1) is 20.8. The van der Waals surface area contributed by atoms with Crippen LogP contribution in [0.4, 0.5) is 0 Å². The van der Waals surface area contributed by atoms with Crippen molar-refractivity contribution < 1.29 is 4.79 Å². The number of halogens is 1. The first-order valence-corrected chi connectivity index (χ1v) is 10.9. The van der Waals surface area contributed by atoms with Crippen LogP contribution in [0.3, 0.4) is 0 Å². The number of aromatic nitrogens is 1. The Morgan fingerprint density at radius 1 is 0.935 bits per heavy atom. The summed E-state index contributed by atoms with van der Waals surface area (Å²) < 4.78 is 3.26. The van der Waals surface area contributed by atoms with Crippen molar-refractivity contribution >= 4 is 28.1 Å². The van der Waals surface area contributed by atoms with Crippen LogP contribution in [-0.4, -0.2) is 16.7 Å². The molecule has 0 aliphatic heterocycles. The molecule has 4 rings (SSSR count). The number of nitrogens with one attached hydrogen (secondary N) is 1. The smallest absolute Gasteiger partial charge is 0.239 e. The molecule has 3 aromatic carbocycles. The lowest BCUT2D eigenvalue weighted by molar-refractivity contribution is -0.120. The normalized spacial score (nSPS) is 11.0. The molecule has 1 heterocycles. The van der Waals surface area contributed by atoms with Gasteiger partial charge in [-0.25, -0.2) is 5.43 Å². The number of nitrogens with zero attached hydrogens (tertiary/aromatic N) is 2. The van der Waals surface area contributed by atoms with E-state index in [1.54, 1.807) is 13.1 Å². The lowest BCUT2D eigenvalue weighted by Crippen LogP contribution is -2.15. The molecule has 1 aromatic heterocycles. The monoisotopic (exact) mass is 471 g/mol. The highest BCUT2D eigenvalue weighted by Crippen LogP contribution is 2.35. The molecule has 154 valence electrons. The zero-order valence-electron chi connectivity index (χ0n) is 17.1. The van der Waals surface area contributed by atoms with Gasteiger partial charge in [0.25, 0.3) is 0 Å². The van der Waals surface area contributed by atoms with Gasteiger partial charge in [-0.3, -0.25) is 4.79 Å². The van der Waals surface area contributed by atoms with E-state index in [-0.39, 0.29) is 5.91 Å². The molecule has 1 amide bonds. The summed E-state index contributed by atoms with van der Waals surface area (Å²) in [5.74, 6) is -0.117. The minimum Gasteiger partial charge on any atom is -0.309 e. The molecule has 0 radical (unpaired) electrons. The molecule has 4 nitrogen and oxygen atoms in total. The third-order valence-corrected chi connectivity index (χ3v) is 5.47. The van der Waals surface area contributed by atoms with Gasteiger partial charge in [-0.05, 0) is 41.5 Å². The number of amides is 1. The molecule has 5 heteroatoms. The molecule has 0 saturated carbocycles. The Kier molecular flexibility index (Phi) is 6.43. The van der Waals surface area contributed by atoms with Crippen molar-refractivity contribution in [3.8, 4) is 28.2 Å². The van der Waals surface area contributed by atoms with E-state index < -0.39 is 0 Å². The van der Waals surface area contributed by atoms with E-state index >= 15 is 0 Å². The molecule has 0 saturated heterocycles. The van der Waals surface area contributed by atoms with E-state index in [1.807, 2.05) is 48.5 Å². The van der Waals surface area contributed by atoms with Crippen molar-refractivity contribution in [1.82, 2.24) is 9.99 Å². The Bertz CT molecular complexity index is 1200. The van der Waals surface area contributed by atoms with E-state index in [9.17, 15) is 4.79 Å². The number of rotatable bonds is 6. The largest absolute Gasteiger partial charge is 0.309 e. The maximum Gasteiger partial charge on any atom is 0.239 e. The molecule has 0 aliphatic rings. The minimum absolute atomic E-state index is 0.117. The average Bonchev–Trinajstić information content (AvgIpc) is 3.20. The van der Waals surface area contributed by atoms with Gasteiger partial charge in [0.05, 0.1) is 17.6 Å². The second-order valence-electron chi connectivity index (χ2n) is 7.02. The Morgan fingerprint density at radius 2 is 1.55 bits per heavy atom. The predicted octanol–water partition coefficient (Wildman–Crippen LogP) is 6.43. The number of hydrazone groups is 1. The van der Waals surface area contributed by atoms with E-state index in [0.717, 1.165) is 38.2 Å². The van der Waals surface area contributed by atoms with Gasteiger partial charge in [-0.2, -0.15) is 5.10 Å². The first-order chi connectivity index (χ1) is 15.2. The van der Waals surface area contributed by atoms with Crippen molar-refractivity contribution in [1.29, 1.82) is 0 Å². The van der Waals surface area contributed by atoms with Crippen molar-refractivity contribution in [3.05, 3.63) is 101 Å². The van der Waals surface area contributed by atoms with Crippen LogP contribution in [0.1, 0.15) is 18.9 Å². The zero-order valence-corrected chi connectivity index (χ0v) is 18.7. The summed E-state index contributed by atoms with van der Waals surface area (Å²) in [4.78, 5) is 11.7. The quantitative estimate of drug-likeness (QED) is 0.255. The van der Waals surface area contributed by atoms with Gasteiger partial charge in [0, 0.05) is 22.1 Å². The summed E-state index contributed by atoms with van der Waals surface area (Å²) in [5.41, 5.74) is 8.77. The summed E-state index contributed by atoms with van der Waals surface area (Å²) in [6.07, 6.45) is 2.11. The van der Waals surface area contributed by atoms with Crippen molar-refractivity contribution in [2.75, 3.05) is 0 Å². The van der Waals surface area contributed by atoms with Crippen LogP contribution in [0.2, 0.25) is 0 Å². The summed E-state index contributed by atoms with van der Waals surface area (Å²) in [6, 6.07) is 30.8. The lowest BCUT2D eigenvalue weighted by atomic mass is 10.1. The van der Waals surface area contributed by atoms with Crippen LogP contribution in [0.25, 0.3) is 28.2 Å². The van der Waals surface area contributed by atoms with Crippen molar-refractivity contribution in [2.24, 2.45) is 5.10 Å². The van der Waals surface area contributed by atoms with Crippen LogP contribution < -0.4 is 5.43 Å². The van der Waals surface area contributed by atoms with E-state index in [1.165, 1.54) is 0 Å². The van der Waals surface area contributed by atoms with E-state index in [2.05, 4.69) is 73.5 Å². The van der Waals surface area contributed by atoms with Gasteiger partial charge >= 0.3 is 0 Å². The molecule has 31 heavy (non-hydrogen) atoms. The summed E-state index contributed by atoms with van der Waals surface area (Å²) in [6.45, 7) is 1.80. The van der Waals surface area contributed by atoms with Gasteiger partial charge in [0.1, 0.15) is 0 Å². The molecular weight excluding hydrogens is 450 g/mol. The lowest BCUT2D eigenvalue weighted by Gasteiger charge is -2.15. The number of benzene rings is 3. The second kappa shape index (κ2) is 9.58. The fourth-order valence-corrected chi connectivity index (χ4v) is 3.72. The molecule has 4 aromatic rings. The highest BCUT2D eigenvalue weighted by molar-refractivity contribution is 9.10. The van der Waals surface area contributed by atoms with Gasteiger partial charge in [-0.15, -0.1) is 0 Å². The summed E-state index contributed by atoms with van der Waals surface area (Å²) >= 11 is 3.53. The van der Waals surface area contributed by atoms with Crippen LogP contribution in [0.5, 0.6) is 0 Å². The second-order valence-corrected chi connectivity index (χ2v) is 7.94.